The third-order valence-corrected chi connectivity index (χ3v) is 7.10. The second-order valence-corrected chi connectivity index (χ2v) is 9.42. The highest BCUT2D eigenvalue weighted by molar-refractivity contribution is 6.22. The lowest BCUT2D eigenvalue weighted by Gasteiger charge is -2.22. The van der Waals surface area contributed by atoms with Gasteiger partial charge in [0.1, 0.15) is 11.6 Å². The number of fused-ring (bicyclic) bond motifs is 1. The van der Waals surface area contributed by atoms with Crippen LogP contribution in [0.15, 0.2) is 54.6 Å². The molecular formula is C27H25FN2O5. The van der Waals surface area contributed by atoms with Crippen LogP contribution in [0.2, 0.25) is 0 Å². The number of allylic oxidation sites excluding steroid dienone is 2. The number of amides is 3. The molecule has 35 heavy (non-hydrogen) atoms. The summed E-state index contributed by atoms with van der Waals surface area (Å²) >= 11 is 0. The molecule has 3 amide bonds. The Labute approximate surface area is 202 Å². The minimum Gasteiger partial charge on any atom is -0.426 e. The summed E-state index contributed by atoms with van der Waals surface area (Å²) in [6, 6.07) is 10.3. The van der Waals surface area contributed by atoms with Crippen molar-refractivity contribution in [1.29, 1.82) is 0 Å². The summed E-state index contributed by atoms with van der Waals surface area (Å²) in [4.78, 5) is 54.0. The smallest absolute Gasteiger partial charge is 0.316 e. The van der Waals surface area contributed by atoms with Crippen LogP contribution in [0.25, 0.3) is 0 Å². The van der Waals surface area contributed by atoms with Crippen molar-refractivity contribution in [3.05, 3.63) is 66.0 Å². The van der Waals surface area contributed by atoms with E-state index in [1.165, 1.54) is 34.1 Å². The monoisotopic (exact) mass is 476 g/mol. The first kappa shape index (κ1) is 23.0. The highest BCUT2D eigenvalue weighted by Gasteiger charge is 2.50. The van der Waals surface area contributed by atoms with Crippen molar-refractivity contribution in [3.63, 3.8) is 0 Å². The Balaban J connectivity index is 1.28. The number of benzene rings is 2. The first-order valence-electron chi connectivity index (χ1n) is 11.7. The summed E-state index contributed by atoms with van der Waals surface area (Å²) in [5.74, 6) is -2.67. The number of aryl methyl sites for hydroxylation is 1. The molecule has 5 rings (SSSR count). The van der Waals surface area contributed by atoms with Crippen molar-refractivity contribution in [2.45, 2.75) is 26.7 Å². The predicted octanol–water partition coefficient (Wildman–Crippen LogP) is 3.79. The van der Waals surface area contributed by atoms with E-state index in [1.54, 1.807) is 25.1 Å². The molecular weight excluding hydrogens is 451 g/mol. The minimum absolute atomic E-state index is 0.000619. The molecule has 2 aliphatic heterocycles. The van der Waals surface area contributed by atoms with Crippen LogP contribution in [-0.4, -0.2) is 30.2 Å². The van der Waals surface area contributed by atoms with Crippen LogP contribution >= 0.6 is 0 Å². The van der Waals surface area contributed by atoms with Crippen LogP contribution in [0.5, 0.6) is 5.75 Å². The van der Waals surface area contributed by atoms with Crippen LogP contribution in [-0.2, 0) is 19.2 Å². The molecule has 2 saturated heterocycles. The number of ether oxygens (including phenoxy) is 1. The van der Waals surface area contributed by atoms with Gasteiger partial charge in [-0.05, 0) is 67.3 Å². The molecule has 0 spiro atoms. The highest BCUT2D eigenvalue weighted by atomic mass is 19.1. The summed E-state index contributed by atoms with van der Waals surface area (Å²) in [6.45, 7) is 3.85. The highest BCUT2D eigenvalue weighted by Crippen LogP contribution is 2.41. The van der Waals surface area contributed by atoms with Crippen molar-refractivity contribution in [2.75, 3.05) is 16.3 Å². The number of carbonyl (C=O) groups excluding carboxylic acids is 4. The number of anilines is 2. The Bertz CT molecular complexity index is 1250. The molecule has 8 heteroatoms. The molecule has 4 atom stereocenters. The van der Waals surface area contributed by atoms with Crippen molar-refractivity contribution >= 4 is 35.1 Å². The molecule has 3 aliphatic rings. The zero-order valence-corrected chi connectivity index (χ0v) is 19.4. The summed E-state index contributed by atoms with van der Waals surface area (Å²) in [7, 11) is 0. The van der Waals surface area contributed by atoms with Crippen molar-refractivity contribution in [3.8, 4) is 5.75 Å². The summed E-state index contributed by atoms with van der Waals surface area (Å²) < 4.78 is 18.7. The van der Waals surface area contributed by atoms with Crippen LogP contribution in [0.1, 0.15) is 25.3 Å². The fraction of sp³-hybridized carbons (Fsp3) is 0.333. The Kier molecular flexibility index (Phi) is 5.75. The maximum absolute atomic E-state index is 13.2. The van der Waals surface area contributed by atoms with E-state index in [0.29, 0.717) is 23.4 Å². The van der Waals surface area contributed by atoms with Crippen LogP contribution in [0.4, 0.5) is 15.8 Å². The zero-order valence-electron chi connectivity index (χ0n) is 19.4. The van der Waals surface area contributed by atoms with Crippen molar-refractivity contribution < 1.29 is 28.3 Å². The number of carbonyl (C=O) groups is 4. The number of halogens is 1. The quantitative estimate of drug-likeness (QED) is 0.290. The minimum atomic E-state index is -0.661. The Morgan fingerprint density at radius 1 is 1.06 bits per heavy atom. The fourth-order valence-electron chi connectivity index (χ4n) is 5.26. The Morgan fingerprint density at radius 2 is 1.80 bits per heavy atom. The predicted molar refractivity (Wildman–Crippen MR) is 126 cm³/mol. The van der Waals surface area contributed by atoms with E-state index in [1.807, 2.05) is 19.1 Å². The van der Waals surface area contributed by atoms with Crippen molar-refractivity contribution in [2.24, 2.45) is 23.7 Å². The lowest BCUT2D eigenvalue weighted by Crippen LogP contribution is -2.32. The standard InChI is InChI=1S/C27H25FN2O5/c1-15-4-3-5-21-24(15)26(33)30(25(21)32)22-11-10-20(12-16(22)2)35-27(34)17-13-23(31)29(14-17)19-8-6-18(28)7-9-19/h3-4,6-12,15,17,21,24H,5,13-14H2,1-2H3/t15-,17-,21-,24+/m1/s1. The van der Waals surface area contributed by atoms with E-state index >= 15 is 0 Å². The molecule has 2 heterocycles. The van der Waals surface area contributed by atoms with Gasteiger partial charge in [0.15, 0.2) is 0 Å². The first-order valence-corrected chi connectivity index (χ1v) is 11.7. The number of imide groups is 1. The van der Waals surface area contributed by atoms with Gasteiger partial charge >= 0.3 is 5.97 Å². The molecule has 7 nitrogen and oxygen atoms in total. The molecule has 2 aromatic rings. The van der Waals surface area contributed by atoms with Gasteiger partial charge in [-0.2, -0.15) is 0 Å². The lowest BCUT2D eigenvalue weighted by molar-refractivity contribution is -0.139. The van der Waals surface area contributed by atoms with E-state index in [2.05, 4.69) is 0 Å². The van der Waals surface area contributed by atoms with Crippen LogP contribution in [0, 0.1) is 36.4 Å². The average Bonchev–Trinajstić information content (AvgIpc) is 3.33. The normalized spacial score (nSPS) is 25.9. The Morgan fingerprint density at radius 3 is 2.49 bits per heavy atom. The molecule has 2 aromatic carbocycles. The maximum atomic E-state index is 13.2. The molecule has 0 bridgehead atoms. The number of nitrogens with zero attached hydrogens (tertiary/aromatic N) is 2. The van der Waals surface area contributed by atoms with E-state index in [4.69, 9.17) is 4.74 Å². The van der Waals surface area contributed by atoms with Gasteiger partial charge in [-0.25, -0.2) is 9.29 Å². The average molecular weight is 477 g/mol. The topological polar surface area (TPSA) is 84.0 Å². The summed E-state index contributed by atoms with van der Waals surface area (Å²) in [6.07, 6.45) is 4.50. The molecule has 0 aromatic heterocycles. The van der Waals surface area contributed by atoms with Gasteiger partial charge in [0, 0.05) is 18.7 Å². The van der Waals surface area contributed by atoms with Crippen molar-refractivity contribution in [1.82, 2.24) is 0 Å². The van der Waals surface area contributed by atoms with Gasteiger partial charge in [-0.15, -0.1) is 0 Å². The van der Waals surface area contributed by atoms with Crippen LogP contribution < -0.4 is 14.5 Å². The van der Waals surface area contributed by atoms with Crippen LogP contribution in [0.3, 0.4) is 0 Å². The molecule has 0 radical (unpaired) electrons. The van der Waals surface area contributed by atoms with E-state index in [-0.39, 0.29) is 54.2 Å². The number of hydrogen-bond donors (Lipinski definition) is 0. The largest absolute Gasteiger partial charge is 0.426 e. The Hall–Kier alpha value is -3.81. The van der Waals surface area contributed by atoms with E-state index in [9.17, 15) is 23.6 Å². The molecule has 2 fully saturated rings. The molecule has 180 valence electrons. The summed E-state index contributed by atoms with van der Waals surface area (Å²) in [5.41, 5.74) is 1.64. The molecule has 0 saturated carbocycles. The SMILES string of the molecule is Cc1cc(OC(=O)[C@@H]2CC(=O)N(c3ccc(F)cc3)C2)ccc1N1C(=O)[C@H]2[C@H](C)C=CC[C@H]2C1=O. The van der Waals surface area contributed by atoms with Gasteiger partial charge in [-0.1, -0.05) is 19.1 Å². The first-order chi connectivity index (χ1) is 16.7. The number of esters is 1. The fourth-order valence-corrected chi connectivity index (χ4v) is 5.26. The van der Waals surface area contributed by atoms with E-state index < -0.39 is 17.7 Å². The van der Waals surface area contributed by atoms with Gasteiger partial charge in [0.05, 0.1) is 23.4 Å². The molecule has 1 aliphatic carbocycles. The third-order valence-electron chi connectivity index (χ3n) is 7.10. The van der Waals surface area contributed by atoms with Gasteiger partial charge in [0.2, 0.25) is 17.7 Å². The van der Waals surface area contributed by atoms with Gasteiger partial charge < -0.3 is 9.64 Å². The second-order valence-electron chi connectivity index (χ2n) is 9.42. The maximum Gasteiger partial charge on any atom is 0.316 e. The summed E-state index contributed by atoms with van der Waals surface area (Å²) in [5, 5.41) is 0. The lowest BCUT2D eigenvalue weighted by atomic mass is 9.78. The zero-order chi connectivity index (χ0) is 24.9. The second kappa shape index (κ2) is 8.76. The molecule has 0 unspecified atom stereocenters. The number of hydrogen-bond acceptors (Lipinski definition) is 5. The third kappa shape index (κ3) is 4.03. The van der Waals surface area contributed by atoms with E-state index in [0.717, 1.165) is 0 Å². The molecule has 0 N–H and O–H groups in total. The van der Waals surface area contributed by atoms with Gasteiger partial charge in [0.25, 0.3) is 0 Å². The number of rotatable bonds is 4. The van der Waals surface area contributed by atoms with Gasteiger partial charge in [-0.3, -0.25) is 19.2 Å².